The maximum atomic E-state index is 13.0. The van der Waals surface area contributed by atoms with E-state index in [9.17, 15) is 8.42 Å². The molecule has 3 atom stereocenters. The summed E-state index contributed by atoms with van der Waals surface area (Å²) in [6.45, 7) is 5.26. The van der Waals surface area contributed by atoms with Crippen LogP contribution in [0, 0.1) is 0 Å². The summed E-state index contributed by atoms with van der Waals surface area (Å²) in [5.41, 5.74) is 1.02. The van der Waals surface area contributed by atoms with Crippen LogP contribution in [-0.4, -0.2) is 53.9 Å². The number of hydrogen-bond acceptors (Lipinski definition) is 4. The quantitative estimate of drug-likeness (QED) is 0.846. The van der Waals surface area contributed by atoms with Crippen molar-refractivity contribution in [2.45, 2.75) is 44.9 Å². The van der Waals surface area contributed by atoms with Crippen molar-refractivity contribution < 1.29 is 13.2 Å². The standard InChI is InChI=1S/C15H23N3O3S/c1-12-10-17(11-13(2)21-12)22(19,20)18-9-3-4-15(18)14-5-7-16-8-6-14/h5-8,12-13,15H,3-4,9-11H2,1-2H3/t12-,13+,15-/m0/s1. The van der Waals surface area contributed by atoms with Gasteiger partial charge in [-0.1, -0.05) is 0 Å². The van der Waals surface area contributed by atoms with E-state index in [4.69, 9.17) is 4.74 Å². The summed E-state index contributed by atoms with van der Waals surface area (Å²) < 4.78 is 35.0. The van der Waals surface area contributed by atoms with Crippen molar-refractivity contribution in [3.8, 4) is 0 Å². The highest BCUT2D eigenvalue weighted by Crippen LogP contribution is 2.35. The molecule has 3 rings (SSSR count). The number of aromatic nitrogens is 1. The number of ether oxygens (including phenoxy) is 1. The lowest BCUT2D eigenvalue weighted by molar-refractivity contribution is -0.0455. The van der Waals surface area contributed by atoms with Crippen molar-refractivity contribution in [3.63, 3.8) is 0 Å². The lowest BCUT2D eigenvalue weighted by atomic mass is 10.1. The van der Waals surface area contributed by atoms with E-state index in [0.29, 0.717) is 19.6 Å². The molecule has 0 bridgehead atoms. The molecule has 0 spiro atoms. The Kier molecular flexibility index (Phi) is 4.49. The molecule has 0 aliphatic carbocycles. The van der Waals surface area contributed by atoms with E-state index < -0.39 is 10.2 Å². The van der Waals surface area contributed by atoms with E-state index in [1.165, 1.54) is 0 Å². The van der Waals surface area contributed by atoms with Crippen molar-refractivity contribution in [1.82, 2.24) is 13.6 Å². The third-order valence-electron chi connectivity index (χ3n) is 4.30. The average molecular weight is 325 g/mol. The van der Waals surface area contributed by atoms with Crippen LogP contribution in [0.2, 0.25) is 0 Å². The second-order valence-electron chi connectivity index (χ2n) is 6.13. The number of morpholine rings is 1. The maximum Gasteiger partial charge on any atom is 0.282 e. The highest BCUT2D eigenvalue weighted by atomic mass is 32.2. The van der Waals surface area contributed by atoms with Gasteiger partial charge in [-0.3, -0.25) is 4.98 Å². The first-order valence-corrected chi connectivity index (χ1v) is 9.20. The topological polar surface area (TPSA) is 62.7 Å². The SMILES string of the molecule is C[C@@H]1CN(S(=O)(=O)N2CCC[C@H]2c2ccncc2)C[C@H](C)O1. The fourth-order valence-electron chi connectivity index (χ4n) is 3.40. The summed E-state index contributed by atoms with van der Waals surface area (Å²) in [4.78, 5) is 4.02. The number of rotatable bonds is 3. The minimum atomic E-state index is -3.46. The van der Waals surface area contributed by atoms with Gasteiger partial charge < -0.3 is 4.74 Å². The maximum absolute atomic E-state index is 13.0. The summed E-state index contributed by atoms with van der Waals surface area (Å²) in [6, 6.07) is 3.73. The minimum Gasteiger partial charge on any atom is -0.373 e. The van der Waals surface area contributed by atoms with Gasteiger partial charge in [0.15, 0.2) is 0 Å². The van der Waals surface area contributed by atoms with Gasteiger partial charge in [0.25, 0.3) is 10.2 Å². The third kappa shape index (κ3) is 3.03. The van der Waals surface area contributed by atoms with Crippen LogP contribution in [0.5, 0.6) is 0 Å². The molecule has 2 saturated heterocycles. The van der Waals surface area contributed by atoms with Gasteiger partial charge in [0.05, 0.1) is 18.2 Å². The first-order chi connectivity index (χ1) is 10.5. The van der Waals surface area contributed by atoms with E-state index in [-0.39, 0.29) is 18.2 Å². The predicted octanol–water partition coefficient (Wildman–Crippen LogP) is 1.57. The zero-order valence-corrected chi connectivity index (χ0v) is 13.9. The van der Waals surface area contributed by atoms with Gasteiger partial charge in [0.1, 0.15) is 0 Å². The summed E-state index contributed by atoms with van der Waals surface area (Å²) >= 11 is 0. The summed E-state index contributed by atoms with van der Waals surface area (Å²) in [6.07, 6.45) is 5.05. The fraction of sp³-hybridized carbons (Fsp3) is 0.667. The van der Waals surface area contributed by atoms with Gasteiger partial charge in [-0.15, -0.1) is 0 Å². The molecule has 3 heterocycles. The van der Waals surface area contributed by atoms with Crippen LogP contribution in [-0.2, 0) is 14.9 Å². The second kappa shape index (κ2) is 6.23. The number of hydrogen-bond donors (Lipinski definition) is 0. The lowest BCUT2D eigenvalue weighted by Crippen LogP contribution is -2.52. The third-order valence-corrected chi connectivity index (χ3v) is 6.28. The molecule has 2 aliphatic heterocycles. The molecule has 2 fully saturated rings. The van der Waals surface area contributed by atoms with Crippen molar-refractivity contribution >= 4 is 10.2 Å². The molecule has 0 radical (unpaired) electrons. The second-order valence-corrected chi connectivity index (χ2v) is 8.01. The Morgan fingerprint density at radius 1 is 1.18 bits per heavy atom. The van der Waals surface area contributed by atoms with Crippen molar-refractivity contribution in [2.24, 2.45) is 0 Å². The van der Waals surface area contributed by atoms with Crippen LogP contribution in [0.15, 0.2) is 24.5 Å². The van der Waals surface area contributed by atoms with Crippen LogP contribution in [0.3, 0.4) is 0 Å². The van der Waals surface area contributed by atoms with Crippen LogP contribution < -0.4 is 0 Å². The molecule has 0 aromatic carbocycles. The Morgan fingerprint density at radius 3 is 2.45 bits per heavy atom. The van der Waals surface area contributed by atoms with Gasteiger partial charge in [-0.05, 0) is 44.4 Å². The molecule has 122 valence electrons. The highest BCUT2D eigenvalue weighted by molar-refractivity contribution is 7.86. The van der Waals surface area contributed by atoms with E-state index in [2.05, 4.69) is 4.98 Å². The first kappa shape index (κ1) is 15.9. The molecular formula is C15H23N3O3S. The Hall–Kier alpha value is -1.02. The smallest absolute Gasteiger partial charge is 0.282 e. The van der Waals surface area contributed by atoms with Gasteiger partial charge in [0.2, 0.25) is 0 Å². The average Bonchev–Trinajstić information content (AvgIpc) is 2.97. The van der Waals surface area contributed by atoms with Gasteiger partial charge >= 0.3 is 0 Å². The Balaban J connectivity index is 1.85. The van der Waals surface area contributed by atoms with E-state index >= 15 is 0 Å². The van der Waals surface area contributed by atoms with Gasteiger partial charge in [-0.25, -0.2) is 0 Å². The predicted molar refractivity (Wildman–Crippen MR) is 83.4 cm³/mol. The zero-order chi connectivity index (χ0) is 15.7. The number of pyridine rings is 1. The molecule has 2 aliphatic rings. The highest BCUT2D eigenvalue weighted by Gasteiger charge is 2.41. The normalized spacial score (nSPS) is 31.5. The first-order valence-electron chi connectivity index (χ1n) is 7.81. The molecule has 0 saturated carbocycles. The van der Waals surface area contributed by atoms with Crippen molar-refractivity contribution in [1.29, 1.82) is 0 Å². The van der Waals surface area contributed by atoms with Gasteiger partial charge in [-0.2, -0.15) is 17.0 Å². The molecule has 1 aromatic heterocycles. The van der Waals surface area contributed by atoms with Crippen molar-refractivity contribution in [3.05, 3.63) is 30.1 Å². The minimum absolute atomic E-state index is 0.0690. The summed E-state index contributed by atoms with van der Waals surface area (Å²) in [5.74, 6) is 0. The molecule has 0 unspecified atom stereocenters. The largest absolute Gasteiger partial charge is 0.373 e. The molecular weight excluding hydrogens is 302 g/mol. The molecule has 0 amide bonds. The zero-order valence-electron chi connectivity index (χ0n) is 13.1. The molecule has 7 heteroatoms. The summed E-state index contributed by atoms with van der Waals surface area (Å²) in [5, 5.41) is 0. The fourth-order valence-corrected chi connectivity index (χ4v) is 5.40. The Bertz CT molecular complexity index is 598. The monoisotopic (exact) mass is 325 g/mol. The van der Waals surface area contributed by atoms with E-state index in [0.717, 1.165) is 18.4 Å². The van der Waals surface area contributed by atoms with E-state index in [1.54, 1.807) is 21.0 Å². The Labute approximate surface area is 132 Å². The summed E-state index contributed by atoms with van der Waals surface area (Å²) in [7, 11) is -3.46. The van der Waals surface area contributed by atoms with Crippen LogP contribution in [0.25, 0.3) is 0 Å². The van der Waals surface area contributed by atoms with Gasteiger partial charge in [0, 0.05) is 32.0 Å². The Morgan fingerprint density at radius 2 is 1.82 bits per heavy atom. The molecule has 22 heavy (non-hydrogen) atoms. The molecule has 0 N–H and O–H groups in total. The molecule has 6 nitrogen and oxygen atoms in total. The molecule has 1 aromatic rings. The van der Waals surface area contributed by atoms with E-state index in [1.807, 2.05) is 26.0 Å². The van der Waals surface area contributed by atoms with Crippen LogP contribution >= 0.6 is 0 Å². The number of nitrogens with zero attached hydrogens (tertiary/aromatic N) is 3. The lowest BCUT2D eigenvalue weighted by Gasteiger charge is -2.37. The van der Waals surface area contributed by atoms with Crippen LogP contribution in [0.4, 0.5) is 0 Å². The van der Waals surface area contributed by atoms with Crippen molar-refractivity contribution in [2.75, 3.05) is 19.6 Å². The van der Waals surface area contributed by atoms with Crippen LogP contribution in [0.1, 0.15) is 38.3 Å².